The fraction of sp³-hybridized carbons (Fsp3) is 0.391. The summed E-state index contributed by atoms with van der Waals surface area (Å²) in [6.45, 7) is 6.86. The van der Waals surface area contributed by atoms with Crippen LogP contribution in [0.2, 0.25) is 0 Å². The maximum absolute atomic E-state index is 12.1. The summed E-state index contributed by atoms with van der Waals surface area (Å²) < 4.78 is 0.834. The van der Waals surface area contributed by atoms with Gasteiger partial charge in [0.15, 0.2) is 0 Å². The summed E-state index contributed by atoms with van der Waals surface area (Å²) in [6, 6.07) is 17.7. The summed E-state index contributed by atoms with van der Waals surface area (Å²) >= 11 is 3.34. The Hall–Kier alpha value is -2.22. The molecule has 3 rings (SSSR count). The zero-order valence-electron chi connectivity index (χ0n) is 17.1. The lowest BCUT2D eigenvalue weighted by Gasteiger charge is -2.34. The van der Waals surface area contributed by atoms with E-state index < -0.39 is 0 Å². The topological polar surface area (TPSA) is 64.7 Å². The fourth-order valence-electron chi connectivity index (χ4n) is 3.50. The molecule has 0 saturated carbocycles. The highest BCUT2D eigenvalue weighted by Crippen LogP contribution is 2.11. The van der Waals surface area contributed by atoms with E-state index in [1.54, 1.807) is 18.2 Å². The van der Waals surface area contributed by atoms with Crippen molar-refractivity contribution in [2.45, 2.75) is 13.0 Å². The number of piperazine rings is 1. The zero-order valence-corrected chi connectivity index (χ0v) is 18.7. The highest BCUT2D eigenvalue weighted by molar-refractivity contribution is 9.10. The minimum absolute atomic E-state index is 0.0104. The molecule has 1 heterocycles. The molecule has 0 spiro atoms. The summed E-state index contributed by atoms with van der Waals surface area (Å²) in [5.41, 5.74) is 1.89. The number of hydrogen-bond acceptors (Lipinski definition) is 4. The van der Waals surface area contributed by atoms with E-state index in [9.17, 15) is 9.59 Å². The largest absolute Gasteiger partial charge is 0.355 e. The van der Waals surface area contributed by atoms with Crippen molar-refractivity contribution in [2.24, 2.45) is 0 Å². The third-order valence-corrected chi connectivity index (χ3v) is 5.68. The molecule has 2 aromatic carbocycles. The summed E-state index contributed by atoms with van der Waals surface area (Å²) in [6.07, 6.45) is 0.907. The maximum Gasteiger partial charge on any atom is 0.251 e. The van der Waals surface area contributed by atoms with Gasteiger partial charge in [-0.1, -0.05) is 52.3 Å². The molecule has 1 saturated heterocycles. The van der Waals surface area contributed by atoms with Crippen molar-refractivity contribution in [3.8, 4) is 0 Å². The Morgan fingerprint density at radius 3 is 2.37 bits per heavy atom. The quantitative estimate of drug-likeness (QED) is 0.550. The Morgan fingerprint density at radius 1 is 0.900 bits per heavy atom. The minimum Gasteiger partial charge on any atom is -0.355 e. The van der Waals surface area contributed by atoms with Crippen molar-refractivity contribution in [1.82, 2.24) is 20.4 Å². The second-order valence-corrected chi connectivity index (χ2v) is 8.42. The average molecular weight is 473 g/mol. The average Bonchev–Trinajstić information content (AvgIpc) is 2.77. The van der Waals surface area contributed by atoms with Crippen molar-refractivity contribution in [3.05, 3.63) is 70.2 Å². The predicted molar refractivity (Wildman–Crippen MR) is 122 cm³/mol. The first-order valence-corrected chi connectivity index (χ1v) is 11.2. The minimum atomic E-state index is -0.250. The van der Waals surface area contributed by atoms with Crippen LogP contribution in [0.5, 0.6) is 0 Å². The molecule has 0 atom stereocenters. The van der Waals surface area contributed by atoms with Crippen LogP contribution < -0.4 is 10.6 Å². The first kappa shape index (κ1) is 22.5. The molecule has 30 heavy (non-hydrogen) atoms. The number of rotatable bonds is 9. The number of carbonyl (C=O) groups excluding carboxylic acids is 2. The molecule has 0 radical (unpaired) electrons. The van der Waals surface area contributed by atoms with Crippen molar-refractivity contribution < 1.29 is 9.59 Å². The molecule has 2 N–H and O–H groups in total. The molecule has 2 aromatic rings. The molecule has 2 amide bonds. The first-order chi connectivity index (χ1) is 14.6. The van der Waals surface area contributed by atoms with Gasteiger partial charge in [-0.05, 0) is 36.7 Å². The SMILES string of the molecule is O=C(CNC(=O)c1cccc(Br)c1)NCCCN1CCN(Cc2ccccc2)CC1. The Labute approximate surface area is 186 Å². The Balaban J connectivity index is 1.25. The van der Waals surface area contributed by atoms with Gasteiger partial charge in [0.25, 0.3) is 5.91 Å². The molecular formula is C23H29BrN4O2. The summed E-state index contributed by atoms with van der Waals surface area (Å²) in [5, 5.41) is 5.54. The van der Waals surface area contributed by atoms with Crippen LogP contribution in [0.15, 0.2) is 59.1 Å². The number of amides is 2. The van der Waals surface area contributed by atoms with E-state index in [1.165, 1.54) is 5.56 Å². The van der Waals surface area contributed by atoms with Crippen LogP contribution in [0.1, 0.15) is 22.3 Å². The van der Waals surface area contributed by atoms with Gasteiger partial charge < -0.3 is 15.5 Å². The van der Waals surface area contributed by atoms with E-state index in [1.807, 2.05) is 6.07 Å². The number of benzene rings is 2. The molecule has 6 nitrogen and oxygen atoms in total. The predicted octanol–water partition coefficient (Wildman–Crippen LogP) is 2.50. The molecule has 1 fully saturated rings. The number of nitrogens with one attached hydrogen (secondary N) is 2. The van der Waals surface area contributed by atoms with E-state index in [-0.39, 0.29) is 18.4 Å². The van der Waals surface area contributed by atoms with Crippen LogP contribution in [0, 0.1) is 0 Å². The second kappa shape index (κ2) is 11.8. The normalized spacial score (nSPS) is 15.0. The molecule has 1 aliphatic rings. The Morgan fingerprint density at radius 2 is 1.63 bits per heavy atom. The van der Waals surface area contributed by atoms with Crippen molar-refractivity contribution in [3.63, 3.8) is 0 Å². The third kappa shape index (κ3) is 7.55. The lowest BCUT2D eigenvalue weighted by atomic mass is 10.2. The van der Waals surface area contributed by atoms with Gasteiger partial charge in [0, 0.05) is 49.3 Å². The van der Waals surface area contributed by atoms with Gasteiger partial charge in [0.2, 0.25) is 5.91 Å². The van der Waals surface area contributed by atoms with Gasteiger partial charge in [-0.25, -0.2) is 0 Å². The van der Waals surface area contributed by atoms with Crippen LogP contribution in [0.3, 0.4) is 0 Å². The van der Waals surface area contributed by atoms with Crippen molar-refractivity contribution in [2.75, 3.05) is 45.8 Å². The highest BCUT2D eigenvalue weighted by atomic mass is 79.9. The smallest absolute Gasteiger partial charge is 0.251 e. The van der Waals surface area contributed by atoms with E-state index in [0.29, 0.717) is 12.1 Å². The number of nitrogens with zero attached hydrogens (tertiary/aromatic N) is 2. The van der Waals surface area contributed by atoms with E-state index in [0.717, 1.165) is 50.2 Å². The molecule has 0 unspecified atom stereocenters. The van der Waals surface area contributed by atoms with Gasteiger partial charge in [-0.15, -0.1) is 0 Å². The third-order valence-electron chi connectivity index (χ3n) is 5.18. The van der Waals surface area contributed by atoms with Gasteiger partial charge in [-0.3, -0.25) is 14.5 Å². The number of halogens is 1. The van der Waals surface area contributed by atoms with Gasteiger partial charge in [0.1, 0.15) is 0 Å². The molecule has 160 valence electrons. The molecule has 0 aromatic heterocycles. The molecule has 0 bridgehead atoms. The van der Waals surface area contributed by atoms with Gasteiger partial charge in [-0.2, -0.15) is 0 Å². The van der Waals surface area contributed by atoms with E-state index in [4.69, 9.17) is 0 Å². The standard InChI is InChI=1S/C23H29BrN4O2/c24-21-9-4-8-20(16-21)23(30)26-17-22(29)25-10-5-11-27-12-14-28(15-13-27)18-19-6-2-1-3-7-19/h1-4,6-9,16H,5,10-15,17-18H2,(H,25,29)(H,26,30). The highest BCUT2D eigenvalue weighted by Gasteiger charge is 2.16. The lowest BCUT2D eigenvalue weighted by molar-refractivity contribution is -0.120. The van der Waals surface area contributed by atoms with Crippen LogP contribution in [0.4, 0.5) is 0 Å². The number of hydrogen-bond donors (Lipinski definition) is 2. The summed E-state index contributed by atoms with van der Waals surface area (Å²) in [4.78, 5) is 28.9. The molecule has 0 aliphatic carbocycles. The van der Waals surface area contributed by atoms with Crippen LogP contribution in [-0.4, -0.2) is 67.4 Å². The molecule has 1 aliphatic heterocycles. The lowest BCUT2D eigenvalue weighted by Crippen LogP contribution is -2.46. The van der Waals surface area contributed by atoms with Crippen molar-refractivity contribution >= 4 is 27.7 Å². The van der Waals surface area contributed by atoms with E-state index >= 15 is 0 Å². The first-order valence-electron chi connectivity index (χ1n) is 10.4. The van der Waals surface area contributed by atoms with Crippen molar-refractivity contribution in [1.29, 1.82) is 0 Å². The fourth-order valence-corrected chi connectivity index (χ4v) is 3.90. The molecular weight excluding hydrogens is 444 g/mol. The summed E-state index contributed by atoms with van der Waals surface area (Å²) in [7, 11) is 0. The van der Waals surface area contributed by atoms with E-state index in [2.05, 4.69) is 66.7 Å². The monoisotopic (exact) mass is 472 g/mol. The summed E-state index contributed by atoms with van der Waals surface area (Å²) in [5.74, 6) is -0.411. The van der Waals surface area contributed by atoms with Gasteiger partial charge >= 0.3 is 0 Å². The molecule has 7 heteroatoms. The maximum atomic E-state index is 12.1. The van der Waals surface area contributed by atoms with Crippen LogP contribution in [-0.2, 0) is 11.3 Å². The van der Waals surface area contributed by atoms with Gasteiger partial charge in [0.05, 0.1) is 6.54 Å². The zero-order chi connectivity index (χ0) is 21.2. The van der Waals surface area contributed by atoms with Crippen LogP contribution >= 0.6 is 15.9 Å². The Kier molecular flexibility index (Phi) is 8.86. The number of carbonyl (C=O) groups is 2. The van der Waals surface area contributed by atoms with Crippen LogP contribution in [0.25, 0.3) is 0 Å². The Bertz CT molecular complexity index is 823. The second-order valence-electron chi connectivity index (χ2n) is 7.50.